The second kappa shape index (κ2) is 6.00. The molecule has 1 aromatic carbocycles. The van der Waals surface area contributed by atoms with Crippen LogP contribution in [0.1, 0.15) is 10.4 Å². The van der Waals surface area contributed by atoms with Crippen LogP contribution in [0, 0.1) is 11.7 Å². The molecule has 0 nitrogen and oxygen atoms in total. The van der Waals surface area contributed by atoms with E-state index in [-0.39, 0.29) is 9.50 Å². The minimum Gasteiger partial charge on any atom is -0.207 e. The first-order valence-corrected chi connectivity index (χ1v) is 6.86. The number of benzene rings is 1. The second-order valence-electron chi connectivity index (χ2n) is 3.75. The molecule has 20 heavy (non-hydrogen) atoms. The Morgan fingerprint density at radius 1 is 1.00 bits per heavy atom. The van der Waals surface area contributed by atoms with Gasteiger partial charge in [-0.2, -0.15) is 26.3 Å². The van der Waals surface area contributed by atoms with Crippen LogP contribution in [0.3, 0.4) is 0 Å². The molecule has 1 aromatic rings. The van der Waals surface area contributed by atoms with Crippen molar-refractivity contribution in [1.82, 2.24) is 0 Å². The van der Waals surface area contributed by atoms with E-state index < -0.39 is 34.5 Å². The fourth-order valence-electron chi connectivity index (χ4n) is 1.45. The smallest absolute Gasteiger partial charge is 0.207 e. The minimum atomic E-state index is -5.58. The van der Waals surface area contributed by atoms with Crippen molar-refractivity contribution in [3.63, 3.8) is 0 Å². The summed E-state index contributed by atoms with van der Waals surface area (Å²) in [5, 5.41) is -0.200. The first kappa shape index (κ1) is 18.0. The molecule has 0 amide bonds. The molecule has 10 heteroatoms. The van der Waals surface area contributed by atoms with Crippen molar-refractivity contribution in [2.24, 2.45) is 5.92 Å². The summed E-state index contributed by atoms with van der Waals surface area (Å²) in [5.74, 6) is -4.98. The standard InChI is InChI=1S/C10H4Br2ClF7/c11-4-2-6(14)3(1-5(4)13)7(12)8(9(15,16)17)10(18,19)20/h1-2,7-8H. The highest BCUT2D eigenvalue weighted by Crippen LogP contribution is 2.51. The third kappa shape index (κ3) is 4.00. The van der Waals surface area contributed by atoms with Gasteiger partial charge < -0.3 is 0 Å². The Morgan fingerprint density at radius 2 is 1.45 bits per heavy atom. The van der Waals surface area contributed by atoms with Crippen LogP contribution in [0.4, 0.5) is 30.7 Å². The van der Waals surface area contributed by atoms with Crippen molar-refractivity contribution in [2.45, 2.75) is 17.2 Å². The number of hydrogen-bond acceptors (Lipinski definition) is 0. The van der Waals surface area contributed by atoms with Crippen molar-refractivity contribution in [2.75, 3.05) is 0 Å². The fraction of sp³-hybridized carbons (Fsp3) is 0.400. The summed E-state index contributed by atoms with van der Waals surface area (Å²) in [4.78, 5) is -2.34. The highest BCUT2D eigenvalue weighted by atomic mass is 79.9. The summed E-state index contributed by atoms with van der Waals surface area (Å²) >= 11 is 10.7. The zero-order chi connectivity index (χ0) is 15.9. The molecule has 1 rings (SSSR count). The highest BCUT2D eigenvalue weighted by Gasteiger charge is 2.60. The van der Waals surface area contributed by atoms with Crippen molar-refractivity contribution in [3.8, 4) is 0 Å². The summed E-state index contributed by atoms with van der Waals surface area (Å²) in [6.45, 7) is 0. The van der Waals surface area contributed by atoms with Gasteiger partial charge >= 0.3 is 12.4 Å². The van der Waals surface area contributed by atoms with E-state index >= 15 is 0 Å². The largest absolute Gasteiger partial charge is 0.401 e. The zero-order valence-corrected chi connectivity index (χ0v) is 13.0. The van der Waals surface area contributed by atoms with Crippen LogP contribution in [0.2, 0.25) is 5.02 Å². The Morgan fingerprint density at radius 3 is 1.85 bits per heavy atom. The summed E-state index contributed by atoms with van der Waals surface area (Å²) in [5.41, 5.74) is -0.821. The molecule has 0 saturated carbocycles. The van der Waals surface area contributed by atoms with Gasteiger partial charge in [0, 0.05) is 10.0 Å². The van der Waals surface area contributed by atoms with E-state index in [1.807, 2.05) is 0 Å². The Balaban J connectivity index is 3.34. The van der Waals surface area contributed by atoms with Gasteiger partial charge in [-0.05, 0) is 28.1 Å². The quantitative estimate of drug-likeness (QED) is 0.276. The molecule has 0 saturated heterocycles. The summed E-state index contributed by atoms with van der Waals surface area (Å²) in [6, 6.07) is 1.42. The summed E-state index contributed by atoms with van der Waals surface area (Å²) in [6.07, 6.45) is -11.2. The SMILES string of the molecule is Fc1cc(Br)c(Cl)cc1C(Br)C(C(F)(F)F)C(F)(F)F. The topological polar surface area (TPSA) is 0 Å². The van der Waals surface area contributed by atoms with Crippen molar-refractivity contribution in [3.05, 3.63) is 33.0 Å². The van der Waals surface area contributed by atoms with E-state index in [1.165, 1.54) is 0 Å². The first-order valence-electron chi connectivity index (χ1n) is 4.77. The van der Waals surface area contributed by atoms with Gasteiger partial charge in [-0.25, -0.2) is 4.39 Å². The van der Waals surface area contributed by atoms with E-state index in [4.69, 9.17) is 11.6 Å². The highest BCUT2D eigenvalue weighted by molar-refractivity contribution is 9.10. The molecule has 0 heterocycles. The van der Waals surface area contributed by atoms with Crippen LogP contribution in [0.25, 0.3) is 0 Å². The molecule has 0 fully saturated rings. The average Bonchev–Trinajstić information content (AvgIpc) is 2.18. The van der Waals surface area contributed by atoms with Gasteiger partial charge in [0.05, 0.1) is 9.85 Å². The lowest BCUT2D eigenvalue weighted by atomic mass is 9.97. The number of halogens is 10. The predicted molar refractivity (Wildman–Crippen MR) is 66.4 cm³/mol. The molecule has 0 aromatic heterocycles. The molecule has 1 unspecified atom stereocenters. The Kier molecular flexibility index (Phi) is 5.41. The molecule has 0 radical (unpaired) electrons. The van der Waals surface area contributed by atoms with Gasteiger partial charge in [0.1, 0.15) is 5.82 Å². The third-order valence-corrected chi connectivity index (χ3v) is 4.55. The van der Waals surface area contributed by atoms with Crippen molar-refractivity contribution < 1.29 is 30.7 Å². The van der Waals surface area contributed by atoms with Gasteiger partial charge in [-0.3, -0.25) is 0 Å². The molecular weight excluding hydrogens is 448 g/mol. The van der Waals surface area contributed by atoms with E-state index in [1.54, 1.807) is 0 Å². The molecule has 114 valence electrons. The van der Waals surface area contributed by atoms with Gasteiger partial charge in [0.25, 0.3) is 0 Å². The molecule has 0 aliphatic heterocycles. The number of alkyl halides is 7. The second-order valence-corrected chi connectivity index (χ2v) is 6.00. The zero-order valence-electron chi connectivity index (χ0n) is 9.09. The Hall–Kier alpha value is -0.0200. The van der Waals surface area contributed by atoms with Crippen LogP contribution in [-0.4, -0.2) is 12.4 Å². The third-order valence-electron chi connectivity index (χ3n) is 2.33. The fourth-order valence-corrected chi connectivity index (χ4v) is 2.88. The molecular formula is C10H4Br2ClF7. The molecule has 1 atom stereocenters. The predicted octanol–water partition coefficient (Wildman–Crippen LogP) is 6.42. The van der Waals surface area contributed by atoms with Crippen molar-refractivity contribution >= 4 is 43.5 Å². The van der Waals surface area contributed by atoms with Gasteiger partial charge in [-0.15, -0.1) is 0 Å². The lowest BCUT2D eigenvalue weighted by Crippen LogP contribution is -2.39. The number of rotatable bonds is 2. The monoisotopic (exact) mass is 450 g/mol. The maximum absolute atomic E-state index is 13.6. The number of hydrogen-bond donors (Lipinski definition) is 0. The van der Waals surface area contributed by atoms with E-state index in [0.29, 0.717) is 12.1 Å². The van der Waals surface area contributed by atoms with Crippen LogP contribution < -0.4 is 0 Å². The minimum absolute atomic E-state index is 0.0238. The van der Waals surface area contributed by atoms with Crippen LogP contribution >= 0.6 is 43.5 Å². The van der Waals surface area contributed by atoms with E-state index in [0.717, 1.165) is 0 Å². The van der Waals surface area contributed by atoms with Crippen LogP contribution in [-0.2, 0) is 0 Å². The van der Waals surface area contributed by atoms with Gasteiger partial charge in [-0.1, -0.05) is 27.5 Å². The Bertz CT molecular complexity index is 484. The molecule has 0 aliphatic carbocycles. The van der Waals surface area contributed by atoms with E-state index in [2.05, 4.69) is 31.9 Å². The van der Waals surface area contributed by atoms with Crippen LogP contribution in [0.5, 0.6) is 0 Å². The van der Waals surface area contributed by atoms with Gasteiger partial charge in [0.2, 0.25) is 0 Å². The Labute approximate surface area is 130 Å². The lowest BCUT2D eigenvalue weighted by Gasteiger charge is -2.27. The van der Waals surface area contributed by atoms with Crippen molar-refractivity contribution in [1.29, 1.82) is 0 Å². The summed E-state index contributed by atoms with van der Waals surface area (Å²) < 4.78 is 88.9. The first-order chi connectivity index (χ1) is 8.85. The summed E-state index contributed by atoms with van der Waals surface area (Å²) in [7, 11) is 0. The molecule has 0 N–H and O–H groups in total. The van der Waals surface area contributed by atoms with Crippen LogP contribution in [0.15, 0.2) is 16.6 Å². The van der Waals surface area contributed by atoms with Gasteiger partial charge in [0.15, 0.2) is 5.92 Å². The molecule has 0 spiro atoms. The molecule has 0 aliphatic rings. The average molecular weight is 452 g/mol. The molecule has 0 bridgehead atoms. The maximum Gasteiger partial charge on any atom is 0.401 e. The maximum atomic E-state index is 13.6. The lowest BCUT2D eigenvalue weighted by molar-refractivity contribution is -0.283. The van der Waals surface area contributed by atoms with E-state index in [9.17, 15) is 30.7 Å². The normalized spacial score (nSPS) is 14.8.